The quantitative estimate of drug-likeness (QED) is 0.266. The van der Waals surface area contributed by atoms with Gasteiger partial charge < -0.3 is 31.5 Å². The average molecular weight is 439 g/mol. The Morgan fingerprint density at radius 2 is 1.87 bits per heavy atom. The fraction of sp³-hybridized carbons (Fsp3) is 0.474. The van der Waals surface area contributed by atoms with Crippen LogP contribution in [0.25, 0.3) is 0 Å². The summed E-state index contributed by atoms with van der Waals surface area (Å²) in [5.74, 6) is -2.61. The summed E-state index contributed by atoms with van der Waals surface area (Å²) in [5.41, 5.74) is 6.33. The van der Waals surface area contributed by atoms with Crippen molar-refractivity contribution < 1.29 is 29.4 Å². The van der Waals surface area contributed by atoms with Crippen LogP contribution in [-0.4, -0.2) is 75.8 Å². The van der Waals surface area contributed by atoms with Crippen molar-refractivity contribution in [3.63, 3.8) is 0 Å². The second-order valence-corrected chi connectivity index (χ2v) is 7.39. The molecule has 30 heavy (non-hydrogen) atoms. The van der Waals surface area contributed by atoms with Gasteiger partial charge in [-0.05, 0) is 30.5 Å². The number of phenolic OH excluding ortho intramolecular Hbond substituents is 1. The molecule has 0 spiro atoms. The van der Waals surface area contributed by atoms with E-state index in [1.165, 1.54) is 17.0 Å². The van der Waals surface area contributed by atoms with E-state index < -0.39 is 41.8 Å². The SMILES string of the molecule is NC(CS)C(=O)NC(Cc1ccc(O)cc1)C(=O)NCC(=O)N1CCCC1C(=O)O. The maximum atomic E-state index is 12.7. The average Bonchev–Trinajstić information content (AvgIpc) is 3.22. The van der Waals surface area contributed by atoms with Gasteiger partial charge in [-0.2, -0.15) is 12.6 Å². The molecule has 0 radical (unpaired) electrons. The number of amides is 3. The zero-order valence-electron chi connectivity index (χ0n) is 16.3. The third-order valence-corrected chi connectivity index (χ3v) is 5.21. The Kier molecular flexibility index (Phi) is 8.48. The monoisotopic (exact) mass is 438 g/mol. The number of phenols is 1. The second kappa shape index (κ2) is 10.8. The summed E-state index contributed by atoms with van der Waals surface area (Å²) in [6.07, 6.45) is 1.06. The number of likely N-dealkylation sites (tertiary alicyclic amines) is 1. The number of hydrogen-bond acceptors (Lipinski definition) is 7. The van der Waals surface area contributed by atoms with Gasteiger partial charge in [-0.15, -0.1) is 0 Å². The summed E-state index contributed by atoms with van der Waals surface area (Å²) in [5, 5.41) is 23.6. The van der Waals surface area contributed by atoms with Crippen molar-refractivity contribution in [1.82, 2.24) is 15.5 Å². The van der Waals surface area contributed by atoms with E-state index in [-0.39, 0.29) is 24.5 Å². The number of benzene rings is 1. The Labute approximate surface area is 179 Å². The van der Waals surface area contributed by atoms with Crippen LogP contribution in [-0.2, 0) is 25.6 Å². The molecule has 0 saturated carbocycles. The highest BCUT2D eigenvalue weighted by Crippen LogP contribution is 2.17. The normalized spacial score (nSPS) is 17.8. The summed E-state index contributed by atoms with van der Waals surface area (Å²) in [4.78, 5) is 49.7. The maximum Gasteiger partial charge on any atom is 0.326 e. The summed E-state index contributed by atoms with van der Waals surface area (Å²) in [6.45, 7) is -0.0701. The van der Waals surface area contributed by atoms with Crippen LogP contribution < -0.4 is 16.4 Å². The van der Waals surface area contributed by atoms with E-state index in [2.05, 4.69) is 23.3 Å². The molecule has 1 aliphatic heterocycles. The van der Waals surface area contributed by atoms with Crippen LogP contribution in [0.15, 0.2) is 24.3 Å². The van der Waals surface area contributed by atoms with Crippen LogP contribution in [0.1, 0.15) is 18.4 Å². The van der Waals surface area contributed by atoms with Crippen molar-refractivity contribution in [2.24, 2.45) is 5.73 Å². The van der Waals surface area contributed by atoms with Crippen molar-refractivity contribution in [2.75, 3.05) is 18.8 Å². The van der Waals surface area contributed by atoms with E-state index in [9.17, 15) is 29.4 Å². The highest BCUT2D eigenvalue weighted by molar-refractivity contribution is 7.80. The first-order chi connectivity index (χ1) is 14.2. The van der Waals surface area contributed by atoms with Gasteiger partial charge in [0.2, 0.25) is 17.7 Å². The number of carboxylic acid groups (broad SMARTS) is 1. The zero-order valence-corrected chi connectivity index (χ0v) is 17.2. The predicted octanol–water partition coefficient (Wildman–Crippen LogP) is -1.13. The van der Waals surface area contributed by atoms with Gasteiger partial charge in [-0.1, -0.05) is 12.1 Å². The summed E-state index contributed by atoms with van der Waals surface area (Å²) in [7, 11) is 0. The highest BCUT2D eigenvalue weighted by atomic mass is 32.1. The molecule has 6 N–H and O–H groups in total. The number of aliphatic carboxylic acids is 1. The summed E-state index contributed by atoms with van der Waals surface area (Å²) < 4.78 is 0. The Morgan fingerprint density at radius 1 is 1.20 bits per heavy atom. The molecule has 10 nitrogen and oxygen atoms in total. The Hall–Kier alpha value is -2.79. The largest absolute Gasteiger partial charge is 0.508 e. The van der Waals surface area contributed by atoms with Gasteiger partial charge in [0.05, 0.1) is 12.6 Å². The first-order valence-corrected chi connectivity index (χ1v) is 10.1. The number of nitrogens with one attached hydrogen (secondary N) is 2. The predicted molar refractivity (Wildman–Crippen MR) is 111 cm³/mol. The highest BCUT2D eigenvalue weighted by Gasteiger charge is 2.34. The number of rotatable bonds is 9. The Morgan fingerprint density at radius 3 is 2.47 bits per heavy atom. The molecule has 3 atom stereocenters. The van der Waals surface area contributed by atoms with E-state index in [4.69, 9.17) is 5.73 Å². The molecule has 2 rings (SSSR count). The molecule has 1 aliphatic rings. The van der Waals surface area contributed by atoms with Gasteiger partial charge >= 0.3 is 5.97 Å². The third kappa shape index (κ3) is 6.36. The summed E-state index contributed by atoms with van der Waals surface area (Å²) >= 11 is 3.97. The van der Waals surface area contributed by atoms with Crippen LogP contribution >= 0.6 is 12.6 Å². The van der Waals surface area contributed by atoms with Crippen LogP contribution in [0, 0.1) is 0 Å². The van der Waals surface area contributed by atoms with Crippen molar-refractivity contribution in [3.05, 3.63) is 29.8 Å². The Balaban J connectivity index is 2.03. The van der Waals surface area contributed by atoms with Crippen molar-refractivity contribution in [1.29, 1.82) is 0 Å². The van der Waals surface area contributed by atoms with Gasteiger partial charge in [0.1, 0.15) is 17.8 Å². The van der Waals surface area contributed by atoms with Gasteiger partial charge in [0, 0.05) is 18.7 Å². The van der Waals surface area contributed by atoms with Gasteiger partial charge in [0.25, 0.3) is 0 Å². The lowest BCUT2D eigenvalue weighted by Gasteiger charge is -2.23. The van der Waals surface area contributed by atoms with E-state index in [0.29, 0.717) is 24.9 Å². The van der Waals surface area contributed by atoms with Crippen LogP contribution in [0.5, 0.6) is 5.75 Å². The van der Waals surface area contributed by atoms with Crippen LogP contribution in [0.4, 0.5) is 0 Å². The molecule has 1 aromatic rings. The fourth-order valence-electron chi connectivity index (χ4n) is 3.15. The minimum atomic E-state index is -1.08. The molecule has 0 bridgehead atoms. The van der Waals surface area contributed by atoms with E-state index >= 15 is 0 Å². The number of carbonyl (C=O) groups excluding carboxylic acids is 3. The molecule has 1 heterocycles. The molecule has 164 valence electrons. The standard InChI is InChI=1S/C19H26N4O6S/c20-13(10-30)17(26)22-14(8-11-3-5-12(24)6-4-11)18(27)21-9-16(25)23-7-1-2-15(23)19(28)29/h3-6,13-15,24,30H,1-2,7-10,20H2,(H,21,27)(H,22,26)(H,28,29). The van der Waals surface area contributed by atoms with E-state index in [1.807, 2.05) is 0 Å². The van der Waals surface area contributed by atoms with Crippen molar-refractivity contribution in [3.8, 4) is 5.75 Å². The Bertz CT molecular complexity index is 788. The van der Waals surface area contributed by atoms with Gasteiger partial charge in [-0.25, -0.2) is 4.79 Å². The fourth-order valence-corrected chi connectivity index (χ4v) is 3.31. The number of thiol groups is 1. The lowest BCUT2D eigenvalue weighted by molar-refractivity contribution is -0.148. The lowest BCUT2D eigenvalue weighted by atomic mass is 10.0. The minimum absolute atomic E-state index is 0.0603. The molecule has 0 aliphatic carbocycles. The van der Waals surface area contributed by atoms with Gasteiger partial charge in [-0.3, -0.25) is 14.4 Å². The molecule has 1 aromatic carbocycles. The molecule has 3 amide bonds. The lowest BCUT2D eigenvalue weighted by Crippen LogP contribution is -2.54. The number of aromatic hydroxyl groups is 1. The zero-order chi connectivity index (χ0) is 22.3. The summed E-state index contributed by atoms with van der Waals surface area (Å²) in [6, 6.07) is 3.29. The molecule has 3 unspecified atom stereocenters. The number of hydrogen-bond donors (Lipinski definition) is 6. The van der Waals surface area contributed by atoms with Crippen molar-refractivity contribution in [2.45, 2.75) is 37.4 Å². The number of nitrogens with two attached hydrogens (primary N) is 1. The topological polar surface area (TPSA) is 162 Å². The third-order valence-electron chi connectivity index (χ3n) is 4.81. The van der Waals surface area contributed by atoms with Crippen LogP contribution in [0.3, 0.4) is 0 Å². The molecular weight excluding hydrogens is 412 g/mol. The van der Waals surface area contributed by atoms with Gasteiger partial charge in [0.15, 0.2) is 0 Å². The smallest absolute Gasteiger partial charge is 0.326 e. The van der Waals surface area contributed by atoms with Crippen molar-refractivity contribution >= 4 is 36.3 Å². The number of carboxylic acids is 1. The van der Waals surface area contributed by atoms with E-state index in [1.54, 1.807) is 12.1 Å². The first kappa shape index (κ1) is 23.5. The van der Waals surface area contributed by atoms with E-state index in [0.717, 1.165) is 0 Å². The first-order valence-electron chi connectivity index (χ1n) is 9.47. The van der Waals surface area contributed by atoms with Crippen LogP contribution in [0.2, 0.25) is 0 Å². The molecule has 1 saturated heterocycles. The molecular formula is C19H26N4O6S. The molecule has 0 aromatic heterocycles. The minimum Gasteiger partial charge on any atom is -0.508 e. The molecule has 11 heteroatoms. The number of carbonyl (C=O) groups is 4. The maximum absolute atomic E-state index is 12.7. The second-order valence-electron chi connectivity index (χ2n) is 7.02. The number of nitrogens with zero attached hydrogens (tertiary/aromatic N) is 1. The molecule has 1 fully saturated rings.